The first-order valence-electron chi connectivity index (χ1n) is 4.13. The lowest BCUT2D eigenvalue weighted by Crippen LogP contribution is -2.23. The van der Waals surface area contributed by atoms with Crippen LogP contribution in [0.3, 0.4) is 0 Å². The second-order valence-corrected chi connectivity index (χ2v) is 3.30. The second kappa shape index (κ2) is 5.14. The van der Waals surface area contributed by atoms with E-state index in [1.807, 2.05) is 11.9 Å². The quantitative estimate of drug-likeness (QED) is 0.784. The third-order valence-corrected chi connectivity index (χ3v) is 2.18. The first kappa shape index (κ1) is 11.2. The van der Waals surface area contributed by atoms with Gasteiger partial charge in [-0.05, 0) is 18.2 Å². The average molecular weight is 219 g/mol. The van der Waals surface area contributed by atoms with Crippen molar-refractivity contribution in [3.63, 3.8) is 0 Å². The van der Waals surface area contributed by atoms with E-state index in [-0.39, 0.29) is 5.02 Å². The molecule has 0 heterocycles. The monoisotopic (exact) mass is 218 g/mol. The Morgan fingerprint density at radius 1 is 1.57 bits per heavy atom. The normalized spacial score (nSPS) is 10.3. The number of anilines is 1. The highest BCUT2D eigenvalue weighted by molar-refractivity contribution is 6.31. The van der Waals surface area contributed by atoms with Crippen molar-refractivity contribution in [3.8, 4) is 0 Å². The standard InChI is InChI=1S/C9H12ClFN2O/c1-13(4-5-14-12)7-2-3-9(11)8(10)6-7/h2-3,6H,4-5,12H2,1H3. The van der Waals surface area contributed by atoms with Gasteiger partial charge in [0.2, 0.25) is 0 Å². The van der Waals surface area contributed by atoms with Crippen LogP contribution in [0.2, 0.25) is 5.02 Å². The lowest BCUT2D eigenvalue weighted by Gasteiger charge is -2.18. The van der Waals surface area contributed by atoms with Crippen molar-refractivity contribution < 1.29 is 9.23 Å². The van der Waals surface area contributed by atoms with Crippen LogP contribution in [0.15, 0.2) is 18.2 Å². The minimum Gasteiger partial charge on any atom is -0.372 e. The molecule has 1 aromatic rings. The first-order chi connectivity index (χ1) is 6.65. The van der Waals surface area contributed by atoms with Crippen molar-refractivity contribution in [3.05, 3.63) is 29.0 Å². The van der Waals surface area contributed by atoms with Crippen LogP contribution in [0.5, 0.6) is 0 Å². The van der Waals surface area contributed by atoms with Crippen LogP contribution in [0.1, 0.15) is 0 Å². The van der Waals surface area contributed by atoms with Gasteiger partial charge in [-0.25, -0.2) is 10.3 Å². The third-order valence-electron chi connectivity index (χ3n) is 1.89. The molecular formula is C9H12ClFN2O. The van der Waals surface area contributed by atoms with Gasteiger partial charge in [-0.15, -0.1) is 0 Å². The summed E-state index contributed by atoms with van der Waals surface area (Å²) < 4.78 is 12.8. The summed E-state index contributed by atoms with van der Waals surface area (Å²) in [6, 6.07) is 4.54. The van der Waals surface area contributed by atoms with Crippen LogP contribution in [0.4, 0.5) is 10.1 Å². The van der Waals surface area contributed by atoms with E-state index in [0.29, 0.717) is 13.2 Å². The molecule has 0 saturated heterocycles. The molecular weight excluding hydrogens is 207 g/mol. The van der Waals surface area contributed by atoms with E-state index in [1.54, 1.807) is 12.1 Å². The zero-order valence-electron chi connectivity index (χ0n) is 7.84. The van der Waals surface area contributed by atoms with Crippen molar-refractivity contribution in [2.75, 3.05) is 25.1 Å². The van der Waals surface area contributed by atoms with Crippen LogP contribution < -0.4 is 10.8 Å². The van der Waals surface area contributed by atoms with Gasteiger partial charge in [0.15, 0.2) is 0 Å². The summed E-state index contributed by atoms with van der Waals surface area (Å²) >= 11 is 5.63. The fraction of sp³-hybridized carbons (Fsp3) is 0.333. The Bertz CT molecular complexity index is 309. The minimum atomic E-state index is -0.418. The fourth-order valence-electron chi connectivity index (χ4n) is 1.04. The van der Waals surface area contributed by atoms with Crippen LogP contribution >= 0.6 is 11.6 Å². The molecule has 0 amide bonds. The number of benzene rings is 1. The SMILES string of the molecule is CN(CCON)c1ccc(F)c(Cl)c1. The Morgan fingerprint density at radius 3 is 2.86 bits per heavy atom. The fourth-order valence-corrected chi connectivity index (χ4v) is 1.22. The summed E-state index contributed by atoms with van der Waals surface area (Å²) in [6.07, 6.45) is 0. The number of hydrogen-bond acceptors (Lipinski definition) is 3. The lowest BCUT2D eigenvalue weighted by atomic mass is 10.3. The molecule has 0 fully saturated rings. The maximum Gasteiger partial charge on any atom is 0.141 e. The van der Waals surface area contributed by atoms with E-state index in [0.717, 1.165) is 5.69 Å². The molecule has 3 nitrogen and oxygen atoms in total. The van der Waals surface area contributed by atoms with Crippen molar-refractivity contribution in [1.82, 2.24) is 0 Å². The highest BCUT2D eigenvalue weighted by atomic mass is 35.5. The smallest absolute Gasteiger partial charge is 0.141 e. The number of halogens is 2. The van der Waals surface area contributed by atoms with Crippen molar-refractivity contribution in [2.45, 2.75) is 0 Å². The van der Waals surface area contributed by atoms with Gasteiger partial charge >= 0.3 is 0 Å². The second-order valence-electron chi connectivity index (χ2n) is 2.89. The summed E-state index contributed by atoms with van der Waals surface area (Å²) in [4.78, 5) is 6.31. The summed E-state index contributed by atoms with van der Waals surface area (Å²) in [5, 5.41) is 0.114. The molecule has 0 unspecified atom stereocenters. The molecule has 14 heavy (non-hydrogen) atoms. The van der Waals surface area contributed by atoms with Gasteiger partial charge in [-0.1, -0.05) is 11.6 Å². The molecule has 0 aliphatic rings. The van der Waals surface area contributed by atoms with Crippen LogP contribution in [-0.4, -0.2) is 20.2 Å². The van der Waals surface area contributed by atoms with Gasteiger partial charge in [0, 0.05) is 19.3 Å². The van der Waals surface area contributed by atoms with E-state index in [4.69, 9.17) is 17.5 Å². The summed E-state index contributed by atoms with van der Waals surface area (Å²) in [7, 11) is 1.85. The highest BCUT2D eigenvalue weighted by Gasteiger charge is 2.04. The van der Waals surface area contributed by atoms with E-state index < -0.39 is 5.82 Å². The topological polar surface area (TPSA) is 38.5 Å². The van der Waals surface area contributed by atoms with Gasteiger partial charge in [-0.3, -0.25) is 0 Å². The molecule has 5 heteroatoms. The molecule has 0 aliphatic carbocycles. The predicted octanol–water partition coefficient (Wildman–Crippen LogP) is 1.81. The molecule has 0 saturated carbocycles. The zero-order valence-corrected chi connectivity index (χ0v) is 8.59. The molecule has 0 spiro atoms. The van der Waals surface area contributed by atoms with Gasteiger partial charge in [0.25, 0.3) is 0 Å². The van der Waals surface area contributed by atoms with Gasteiger partial charge < -0.3 is 9.74 Å². The Kier molecular flexibility index (Phi) is 4.13. The first-order valence-corrected chi connectivity index (χ1v) is 4.51. The Labute approximate surface area is 87.2 Å². The zero-order chi connectivity index (χ0) is 10.6. The van der Waals surface area contributed by atoms with Crippen molar-refractivity contribution in [2.24, 2.45) is 5.90 Å². The molecule has 0 bridgehead atoms. The van der Waals surface area contributed by atoms with E-state index >= 15 is 0 Å². The average Bonchev–Trinajstić information content (AvgIpc) is 2.18. The van der Waals surface area contributed by atoms with E-state index in [2.05, 4.69) is 4.84 Å². The number of rotatable bonds is 4. The van der Waals surface area contributed by atoms with E-state index in [1.165, 1.54) is 6.07 Å². The molecule has 0 aliphatic heterocycles. The molecule has 0 radical (unpaired) electrons. The van der Waals surface area contributed by atoms with Crippen molar-refractivity contribution in [1.29, 1.82) is 0 Å². The Balaban J connectivity index is 2.70. The maximum atomic E-state index is 12.8. The summed E-state index contributed by atoms with van der Waals surface area (Å²) in [5.41, 5.74) is 0.827. The third kappa shape index (κ3) is 2.83. The van der Waals surface area contributed by atoms with Crippen LogP contribution in [0.25, 0.3) is 0 Å². The maximum absolute atomic E-state index is 12.8. The van der Waals surface area contributed by atoms with Gasteiger partial charge in [0.1, 0.15) is 5.82 Å². The molecule has 2 N–H and O–H groups in total. The van der Waals surface area contributed by atoms with Gasteiger partial charge in [-0.2, -0.15) is 0 Å². The minimum absolute atomic E-state index is 0.114. The molecule has 1 aromatic carbocycles. The largest absolute Gasteiger partial charge is 0.372 e. The number of likely N-dealkylation sites (N-methyl/N-ethyl adjacent to an activating group) is 1. The predicted molar refractivity (Wildman–Crippen MR) is 54.8 cm³/mol. The summed E-state index contributed by atoms with van der Waals surface area (Å²) in [6.45, 7) is 1.03. The molecule has 0 aromatic heterocycles. The van der Waals surface area contributed by atoms with Gasteiger partial charge in [0.05, 0.1) is 11.6 Å². The van der Waals surface area contributed by atoms with E-state index in [9.17, 15) is 4.39 Å². The lowest BCUT2D eigenvalue weighted by molar-refractivity contribution is 0.145. The Morgan fingerprint density at radius 2 is 2.29 bits per heavy atom. The number of nitrogens with zero attached hydrogens (tertiary/aromatic N) is 1. The summed E-state index contributed by atoms with van der Waals surface area (Å²) in [5.74, 6) is 4.48. The van der Waals surface area contributed by atoms with Crippen LogP contribution in [0, 0.1) is 5.82 Å². The van der Waals surface area contributed by atoms with Crippen LogP contribution in [-0.2, 0) is 4.84 Å². The Hall–Kier alpha value is -0.840. The molecule has 0 atom stereocenters. The number of hydrogen-bond donors (Lipinski definition) is 1. The van der Waals surface area contributed by atoms with Crippen molar-refractivity contribution >= 4 is 17.3 Å². The number of nitrogens with two attached hydrogens (primary N) is 1. The molecule has 1 rings (SSSR count). The highest BCUT2D eigenvalue weighted by Crippen LogP contribution is 2.21. The molecule has 78 valence electrons.